The van der Waals surface area contributed by atoms with Gasteiger partial charge in [0.1, 0.15) is 27.9 Å². The zero-order valence-electron chi connectivity index (χ0n) is 10.2. The highest BCUT2D eigenvalue weighted by Crippen LogP contribution is 2.26. The van der Waals surface area contributed by atoms with Gasteiger partial charge < -0.3 is 9.84 Å². The van der Waals surface area contributed by atoms with Crippen LogP contribution in [-0.2, 0) is 11.3 Å². The molecule has 0 unspecified atom stereocenters. The molecule has 0 saturated carbocycles. The highest BCUT2D eigenvalue weighted by atomic mass is 35.5. The van der Waals surface area contributed by atoms with E-state index in [2.05, 4.69) is 5.10 Å². The summed E-state index contributed by atoms with van der Waals surface area (Å²) in [6, 6.07) is 2.79. The maximum absolute atomic E-state index is 13.7. The van der Waals surface area contributed by atoms with Crippen LogP contribution in [0.1, 0.15) is 16.1 Å². The van der Waals surface area contributed by atoms with Crippen molar-refractivity contribution in [3.05, 3.63) is 46.2 Å². The van der Waals surface area contributed by atoms with Crippen LogP contribution in [0.5, 0.6) is 0 Å². The molecule has 1 aromatic carbocycles. The summed E-state index contributed by atoms with van der Waals surface area (Å²) in [5, 5.41) is 12.7. The van der Waals surface area contributed by atoms with Gasteiger partial charge in [0.25, 0.3) is 0 Å². The van der Waals surface area contributed by atoms with E-state index in [-0.39, 0.29) is 28.7 Å². The lowest BCUT2D eigenvalue weighted by molar-refractivity contribution is 0.0692. The second-order valence-electron chi connectivity index (χ2n) is 3.86. The minimum absolute atomic E-state index is 0.0497. The van der Waals surface area contributed by atoms with E-state index in [1.54, 1.807) is 0 Å². The van der Waals surface area contributed by atoms with E-state index in [1.807, 2.05) is 0 Å². The molecular weight excluding hydrogens is 294 g/mol. The number of aromatic nitrogens is 2. The summed E-state index contributed by atoms with van der Waals surface area (Å²) in [7, 11) is 1.36. The van der Waals surface area contributed by atoms with Gasteiger partial charge in [-0.15, -0.1) is 0 Å². The number of methoxy groups -OCH3 is 1. The van der Waals surface area contributed by atoms with Gasteiger partial charge in [0.15, 0.2) is 5.82 Å². The Morgan fingerprint density at radius 2 is 2.20 bits per heavy atom. The maximum atomic E-state index is 13.7. The van der Waals surface area contributed by atoms with Crippen LogP contribution >= 0.6 is 11.6 Å². The van der Waals surface area contributed by atoms with E-state index >= 15 is 0 Å². The van der Waals surface area contributed by atoms with Crippen LogP contribution in [-0.4, -0.2) is 28.0 Å². The van der Waals surface area contributed by atoms with Crippen LogP contribution in [0.4, 0.5) is 8.78 Å². The lowest BCUT2D eigenvalue weighted by Crippen LogP contribution is -2.02. The smallest absolute Gasteiger partial charge is 0.340 e. The SMILES string of the molecule is COCc1nn(-c2ccc(F)cc2F)c(Cl)c1C(=O)O. The van der Waals surface area contributed by atoms with Gasteiger partial charge in [0, 0.05) is 13.2 Å². The van der Waals surface area contributed by atoms with Crippen molar-refractivity contribution in [1.29, 1.82) is 0 Å². The monoisotopic (exact) mass is 302 g/mol. The standard InChI is InChI=1S/C12H9ClF2N2O3/c1-20-5-8-10(12(18)19)11(13)17(16-8)9-3-2-6(14)4-7(9)15/h2-4H,5H2,1H3,(H,18,19). The van der Waals surface area contributed by atoms with Crippen molar-refractivity contribution >= 4 is 17.6 Å². The number of rotatable bonds is 4. The van der Waals surface area contributed by atoms with Crippen LogP contribution in [0.2, 0.25) is 5.15 Å². The van der Waals surface area contributed by atoms with E-state index < -0.39 is 17.6 Å². The number of halogens is 3. The maximum Gasteiger partial charge on any atom is 0.340 e. The van der Waals surface area contributed by atoms with Crippen molar-refractivity contribution < 1.29 is 23.4 Å². The fraction of sp³-hybridized carbons (Fsp3) is 0.167. The minimum Gasteiger partial charge on any atom is -0.478 e. The fourth-order valence-corrected chi connectivity index (χ4v) is 2.02. The second-order valence-corrected chi connectivity index (χ2v) is 4.22. The molecule has 0 aliphatic carbocycles. The molecule has 0 saturated heterocycles. The number of aromatic carboxylic acids is 1. The van der Waals surface area contributed by atoms with Gasteiger partial charge in [0.2, 0.25) is 0 Å². The van der Waals surface area contributed by atoms with Crippen LogP contribution in [0.15, 0.2) is 18.2 Å². The first-order valence-corrected chi connectivity index (χ1v) is 5.78. The quantitative estimate of drug-likeness (QED) is 0.943. The molecule has 1 aromatic heterocycles. The number of hydrogen-bond donors (Lipinski definition) is 1. The van der Waals surface area contributed by atoms with Crippen LogP contribution in [0.25, 0.3) is 5.69 Å². The van der Waals surface area contributed by atoms with Gasteiger partial charge in [-0.3, -0.25) is 0 Å². The predicted octanol–water partition coefficient (Wildman–Crippen LogP) is 2.65. The minimum atomic E-state index is -1.31. The van der Waals surface area contributed by atoms with Gasteiger partial charge in [-0.05, 0) is 12.1 Å². The van der Waals surface area contributed by atoms with Gasteiger partial charge in [0.05, 0.1) is 6.61 Å². The first-order valence-electron chi connectivity index (χ1n) is 5.40. The lowest BCUT2D eigenvalue weighted by atomic mass is 10.2. The molecule has 106 valence electrons. The molecule has 0 spiro atoms. The average molecular weight is 303 g/mol. The molecular formula is C12H9ClF2N2O3. The Morgan fingerprint density at radius 1 is 1.50 bits per heavy atom. The molecule has 0 fully saturated rings. The summed E-state index contributed by atoms with van der Waals surface area (Å²) in [6.45, 7) is -0.100. The molecule has 0 aliphatic rings. The topological polar surface area (TPSA) is 64.4 Å². The van der Waals surface area contributed by atoms with E-state index in [0.717, 1.165) is 16.8 Å². The zero-order chi connectivity index (χ0) is 14.9. The fourth-order valence-electron chi connectivity index (χ4n) is 1.70. The van der Waals surface area contributed by atoms with Gasteiger partial charge in [-0.2, -0.15) is 5.10 Å². The summed E-state index contributed by atoms with van der Waals surface area (Å²) in [6.07, 6.45) is 0. The summed E-state index contributed by atoms with van der Waals surface area (Å²) in [5.74, 6) is -2.98. The van der Waals surface area contributed by atoms with Gasteiger partial charge >= 0.3 is 5.97 Å². The number of hydrogen-bond acceptors (Lipinski definition) is 3. The van der Waals surface area contributed by atoms with Crippen LogP contribution in [0, 0.1) is 11.6 Å². The molecule has 2 aromatic rings. The molecule has 1 N–H and O–H groups in total. The van der Waals surface area contributed by atoms with Crippen molar-refractivity contribution in [2.24, 2.45) is 0 Å². The second kappa shape index (κ2) is 5.56. The van der Waals surface area contributed by atoms with Crippen molar-refractivity contribution in [2.45, 2.75) is 6.61 Å². The van der Waals surface area contributed by atoms with E-state index in [0.29, 0.717) is 6.07 Å². The van der Waals surface area contributed by atoms with Gasteiger partial charge in [-0.1, -0.05) is 11.6 Å². The number of carboxylic acid groups (broad SMARTS) is 1. The van der Waals surface area contributed by atoms with Crippen LogP contribution < -0.4 is 0 Å². The Labute approximate surface area is 117 Å². The summed E-state index contributed by atoms with van der Waals surface area (Å²) < 4.78 is 32.3. The number of nitrogens with zero attached hydrogens (tertiary/aromatic N) is 2. The molecule has 0 amide bonds. The normalized spacial score (nSPS) is 10.8. The molecule has 0 bridgehead atoms. The molecule has 5 nitrogen and oxygen atoms in total. The highest BCUT2D eigenvalue weighted by molar-refractivity contribution is 6.32. The molecule has 20 heavy (non-hydrogen) atoms. The number of ether oxygens (including phenoxy) is 1. The van der Waals surface area contributed by atoms with Crippen molar-refractivity contribution in [3.63, 3.8) is 0 Å². The largest absolute Gasteiger partial charge is 0.478 e. The Hall–Kier alpha value is -1.99. The third-order valence-corrected chi connectivity index (χ3v) is 2.88. The first-order chi connectivity index (χ1) is 9.45. The molecule has 1 heterocycles. The van der Waals surface area contributed by atoms with Crippen molar-refractivity contribution in [1.82, 2.24) is 9.78 Å². The Bertz CT molecular complexity index is 673. The highest BCUT2D eigenvalue weighted by Gasteiger charge is 2.24. The number of benzene rings is 1. The molecule has 0 atom stereocenters. The van der Waals surface area contributed by atoms with E-state index in [1.165, 1.54) is 7.11 Å². The summed E-state index contributed by atoms with van der Waals surface area (Å²) in [5.41, 5.74) is -0.382. The summed E-state index contributed by atoms with van der Waals surface area (Å²) >= 11 is 5.91. The Balaban J connectivity index is 2.63. The molecule has 8 heteroatoms. The Kier molecular flexibility index (Phi) is 4.01. The number of carboxylic acids is 1. The predicted molar refractivity (Wildman–Crippen MR) is 66.2 cm³/mol. The number of carbonyl (C=O) groups is 1. The van der Waals surface area contributed by atoms with E-state index in [4.69, 9.17) is 21.4 Å². The molecule has 2 rings (SSSR count). The lowest BCUT2D eigenvalue weighted by Gasteiger charge is -2.04. The van der Waals surface area contributed by atoms with E-state index in [9.17, 15) is 13.6 Å². The van der Waals surface area contributed by atoms with Crippen LogP contribution in [0.3, 0.4) is 0 Å². The third kappa shape index (κ3) is 2.50. The van der Waals surface area contributed by atoms with Crippen molar-refractivity contribution in [3.8, 4) is 5.69 Å². The Morgan fingerprint density at radius 3 is 2.75 bits per heavy atom. The van der Waals surface area contributed by atoms with Crippen molar-refractivity contribution in [2.75, 3.05) is 7.11 Å². The zero-order valence-corrected chi connectivity index (χ0v) is 11.0. The third-order valence-electron chi connectivity index (χ3n) is 2.53. The first kappa shape index (κ1) is 14.4. The molecule has 0 radical (unpaired) electrons. The average Bonchev–Trinajstić information content (AvgIpc) is 2.67. The van der Waals surface area contributed by atoms with Gasteiger partial charge in [-0.25, -0.2) is 18.3 Å². The molecule has 0 aliphatic heterocycles. The summed E-state index contributed by atoms with van der Waals surface area (Å²) in [4.78, 5) is 11.2.